The average Bonchev–Trinajstić information content (AvgIpc) is 2.28. The van der Waals surface area contributed by atoms with Crippen molar-refractivity contribution >= 4 is 21.2 Å². The minimum absolute atomic E-state index is 0.0998. The van der Waals surface area contributed by atoms with E-state index in [4.69, 9.17) is 4.74 Å². The van der Waals surface area contributed by atoms with Crippen LogP contribution < -0.4 is 10.1 Å². The molecule has 0 amide bonds. The number of ether oxygens (including phenoxy) is 1. The molecule has 0 aliphatic heterocycles. The molecule has 1 N–H and O–H groups in total. The molecule has 0 aromatic heterocycles. The zero-order valence-corrected chi connectivity index (χ0v) is 12.4. The Balaban J connectivity index is 2.97. The molecule has 8 heteroatoms. The first-order valence-corrected chi connectivity index (χ1v) is 8.14. The van der Waals surface area contributed by atoms with Crippen molar-refractivity contribution in [2.24, 2.45) is 0 Å². The molecule has 0 saturated heterocycles. The number of rotatable bonds is 7. The first-order valence-electron chi connectivity index (χ1n) is 6.08. The Morgan fingerprint density at radius 1 is 1.45 bits per heavy atom. The van der Waals surface area contributed by atoms with E-state index in [2.05, 4.69) is 5.32 Å². The van der Waals surface area contributed by atoms with Gasteiger partial charge in [0.25, 0.3) is 5.69 Å². The summed E-state index contributed by atoms with van der Waals surface area (Å²) in [5.74, 6) is 0.303. The van der Waals surface area contributed by atoms with Crippen LogP contribution in [-0.4, -0.2) is 38.0 Å². The summed E-state index contributed by atoms with van der Waals surface area (Å²) in [7, 11) is -3.15. The molecule has 0 aliphatic rings. The molecule has 1 aromatic rings. The monoisotopic (exact) mass is 302 g/mol. The van der Waals surface area contributed by atoms with Crippen LogP contribution in [0.4, 0.5) is 11.4 Å². The van der Waals surface area contributed by atoms with Crippen LogP contribution in [0.1, 0.15) is 13.8 Å². The molecule has 1 unspecified atom stereocenters. The molecule has 0 spiro atoms. The highest BCUT2D eigenvalue weighted by atomic mass is 32.2. The number of sulfone groups is 1. The van der Waals surface area contributed by atoms with Gasteiger partial charge in [0, 0.05) is 12.3 Å². The minimum Gasteiger partial charge on any atom is -0.494 e. The van der Waals surface area contributed by atoms with Gasteiger partial charge < -0.3 is 10.1 Å². The van der Waals surface area contributed by atoms with Crippen LogP contribution in [0.3, 0.4) is 0 Å². The number of nitrogens with one attached hydrogen (secondary N) is 1. The molecule has 0 fully saturated rings. The van der Waals surface area contributed by atoms with E-state index in [1.807, 2.05) is 0 Å². The lowest BCUT2D eigenvalue weighted by atomic mass is 10.2. The van der Waals surface area contributed by atoms with Crippen molar-refractivity contribution in [2.45, 2.75) is 19.9 Å². The van der Waals surface area contributed by atoms with E-state index in [1.165, 1.54) is 12.1 Å². The summed E-state index contributed by atoms with van der Waals surface area (Å²) < 4.78 is 27.6. The summed E-state index contributed by atoms with van der Waals surface area (Å²) in [5, 5.41) is 13.9. The van der Waals surface area contributed by atoms with Gasteiger partial charge in [-0.1, -0.05) is 0 Å². The van der Waals surface area contributed by atoms with Crippen LogP contribution in [0.2, 0.25) is 0 Å². The predicted octanol–water partition coefficient (Wildman–Crippen LogP) is 1.84. The molecule has 1 atom stereocenters. The van der Waals surface area contributed by atoms with Gasteiger partial charge in [0.05, 0.1) is 23.3 Å². The first kappa shape index (κ1) is 16.2. The topological polar surface area (TPSA) is 98.5 Å². The Morgan fingerprint density at radius 3 is 2.60 bits per heavy atom. The highest BCUT2D eigenvalue weighted by Gasteiger charge is 2.18. The van der Waals surface area contributed by atoms with Gasteiger partial charge in [0.1, 0.15) is 21.3 Å². The van der Waals surface area contributed by atoms with Crippen LogP contribution >= 0.6 is 0 Å². The number of hydrogen-bond acceptors (Lipinski definition) is 6. The molecule has 7 nitrogen and oxygen atoms in total. The van der Waals surface area contributed by atoms with Crippen LogP contribution in [0, 0.1) is 10.1 Å². The van der Waals surface area contributed by atoms with Gasteiger partial charge in [0.2, 0.25) is 0 Å². The van der Waals surface area contributed by atoms with Crippen LogP contribution in [-0.2, 0) is 9.84 Å². The lowest BCUT2D eigenvalue weighted by molar-refractivity contribution is -0.384. The fourth-order valence-electron chi connectivity index (χ4n) is 1.80. The largest absolute Gasteiger partial charge is 0.494 e. The van der Waals surface area contributed by atoms with Gasteiger partial charge in [0.15, 0.2) is 0 Å². The molecule has 0 saturated carbocycles. The SMILES string of the molecule is CCOc1ccc(NC(C)CS(C)(=O)=O)c([N+](=O)[O-])c1. The second kappa shape index (κ2) is 6.56. The third kappa shape index (κ3) is 5.04. The van der Waals surface area contributed by atoms with Crippen molar-refractivity contribution in [1.82, 2.24) is 0 Å². The number of nitro benzene ring substituents is 1. The molecule has 20 heavy (non-hydrogen) atoms. The van der Waals surface area contributed by atoms with Crippen molar-refractivity contribution in [3.63, 3.8) is 0 Å². The van der Waals surface area contributed by atoms with Gasteiger partial charge in [-0.15, -0.1) is 0 Å². The maximum atomic E-state index is 11.2. The molecule has 0 aliphatic carbocycles. The minimum atomic E-state index is -3.15. The van der Waals surface area contributed by atoms with E-state index in [0.717, 1.165) is 6.26 Å². The first-order chi connectivity index (χ1) is 9.23. The smallest absolute Gasteiger partial charge is 0.296 e. The second-order valence-electron chi connectivity index (χ2n) is 4.51. The Hall–Kier alpha value is -1.83. The van der Waals surface area contributed by atoms with Crippen molar-refractivity contribution < 1.29 is 18.1 Å². The fourth-order valence-corrected chi connectivity index (χ4v) is 2.79. The van der Waals surface area contributed by atoms with Gasteiger partial charge in [-0.25, -0.2) is 8.42 Å². The molecule has 1 aromatic carbocycles. The van der Waals surface area contributed by atoms with Gasteiger partial charge in [-0.05, 0) is 26.0 Å². The van der Waals surface area contributed by atoms with E-state index < -0.39 is 20.8 Å². The van der Waals surface area contributed by atoms with E-state index in [0.29, 0.717) is 12.4 Å². The maximum Gasteiger partial charge on any atom is 0.296 e. The Morgan fingerprint density at radius 2 is 2.10 bits per heavy atom. The number of hydrogen-bond donors (Lipinski definition) is 1. The molecule has 112 valence electrons. The van der Waals surface area contributed by atoms with E-state index >= 15 is 0 Å². The Kier molecular flexibility index (Phi) is 5.32. The van der Waals surface area contributed by atoms with Crippen molar-refractivity contribution in [2.75, 3.05) is 23.9 Å². The van der Waals surface area contributed by atoms with Crippen LogP contribution in [0.25, 0.3) is 0 Å². The summed E-state index contributed by atoms with van der Waals surface area (Å²) in [6, 6.07) is 4.01. The number of nitro groups is 1. The Labute approximate surface area is 118 Å². The number of benzene rings is 1. The quantitative estimate of drug-likeness (QED) is 0.609. The molecule has 0 heterocycles. The summed E-state index contributed by atoms with van der Waals surface area (Å²) >= 11 is 0. The van der Waals surface area contributed by atoms with Crippen LogP contribution in [0.15, 0.2) is 18.2 Å². The summed E-state index contributed by atoms with van der Waals surface area (Å²) in [5.41, 5.74) is 0.130. The second-order valence-corrected chi connectivity index (χ2v) is 6.69. The molecule has 0 radical (unpaired) electrons. The van der Waals surface area contributed by atoms with Crippen LogP contribution in [0.5, 0.6) is 5.75 Å². The zero-order chi connectivity index (χ0) is 15.3. The summed E-state index contributed by atoms with van der Waals surface area (Å²) in [6.07, 6.45) is 1.12. The number of nitrogens with zero attached hydrogens (tertiary/aromatic N) is 1. The summed E-state index contributed by atoms with van der Waals surface area (Å²) in [6.45, 7) is 3.85. The zero-order valence-electron chi connectivity index (χ0n) is 11.6. The van der Waals surface area contributed by atoms with Crippen molar-refractivity contribution in [1.29, 1.82) is 0 Å². The van der Waals surface area contributed by atoms with Crippen molar-refractivity contribution in [3.8, 4) is 5.75 Å². The van der Waals surface area contributed by atoms with E-state index in [9.17, 15) is 18.5 Å². The van der Waals surface area contributed by atoms with Gasteiger partial charge in [-0.3, -0.25) is 10.1 Å². The lowest BCUT2D eigenvalue weighted by Crippen LogP contribution is -2.25. The fraction of sp³-hybridized carbons (Fsp3) is 0.500. The molecular formula is C12H18N2O5S. The highest BCUT2D eigenvalue weighted by Crippen LogP contribution is 2.29. The third-order valence-electron chi connectivity index (χ3n) is 2.43. The van der Waals surface area contributed by atoms with E-state index in [1.54, 1.807) is 19.9 Å². The maximum absolute atomic E-state index is 11.2. The molecule has 0 bridgehead atoms. The predicted molar refractivity (Wildman–Crippen MR) is 77.1 cm³/mol. The van der Waals surface area contributed by atoms with Gasteiger partial charge >= 0.3 is 0 Å². The normalized spacial score (nSPS) is 12.8. The number of anilines is 1. The average molecular weight is 302 g/mol. The van der Waals surface area contributed by atoms with Crippen molar-refractivity contribution in [3.05, 3.63) is 28.3 Å². The van der Waals surface area contributed by atoms with E-state index in [-0.39, 0.29) is 17.1 Å². The molecular weight excluding hydrogens is 284 g/mol. The molecule has 1 rings (SSSR count). The highest BCUT2D eigenvalue weighted by molar-refractivity contribution is 7.90. The van der Waals surface area contributed by atoms with Gasteiger partial charge in [-0.2, -0.15) is 0 Å². The standard InChI is InChI=1S/C12H18N2O5S/c1-4-19-10-5-6-11(12(7-10)14(15)16)13-9(2)8-20(3,17)18/h5-7,9,13H,4,8H2,1-3H3. The summed E-state index contributed by atoms with van der Waals surface area (Å²) in [4.78, 5) is 10.5. The lowest BCUT2D eigenvalue weighted by Gasteiger charge is -2.14. The Bertz CT molecular complexity index is 586. The third-order valence-corrected chi connectivity index (χ3v) is 3.54.